The molecule has 0 fully saturated rings. The van der Waals surface area contributed by atoms with Gasteiger partial charge in [0.2, 0.25) is 0 Å². The first-order chi connectivity index (χ1) is 5.24. The van der Waals surface area contributed by atoms with E-state index in [2.05, 4.69) is 5.32 Å². The smallest absolute Gasteiger partial charge is 0.314 e. The number of hydrogen-bond acceptors (Lipinski definition) is 3. The second-order valence-electron chi connectivity index (χ2n) is 1.93. The fraction of sp³-hybridized carbons (Fsp3) is 0. The number of phenols is 2. The van der Waals surface area contributed by atoms with Gasteiger partial charge in [0.05, 0.1) is 0 Å². The largest absolute Gasteiger partial charge is 0.504 e. The molecule has 0 atom stereocenters. The Bertz CT molecular complexity index is 272. The lowest BCUT2D eigenvalue weighted by atomic mass is 10.3. The number of benzene rings is 1. The second kappa shape index (κ2) is 2.92. The van der Waals surface area contributed by atoms with Gasteiger partial charge in [0.15, 0.2) is 11.5 Å². The van der Waals surface area contributed by atoms with Crippen molar-refractivity contribution in [3.8, 4) is 11.5 Å². The van der Waals surface area contributed by atoms with Crippen LogP contribution in [0.4, 0.5) is 5.69 Å². The van der Waals surface area contributed by atoms with Crippen LogP contribution in [0.2, 0.25) is 0 Å². The van der Waals surface area contributed by atoms with Crippen molar-refractivity contribution < 1.29 is 15.0 Å². The molecular weight excluding hydrogens is 146 g/mol. The standard InChI is InChI=1S/C7H6NO3/c9-4-8-5-1-2-6(10)7(11)3-5/h1-3,10-11H,(H,8,9). The third-order valence-electron chi connectivity index (χ3n) is 1.17. The Morgan fingerprint density at radius 3 is 2.55 bits per heavy atom. The normalized spacial score (nSPS) is 9.09. The fourth-order valence-corrected chi connectivity index (χ4v) is 0.660. The van der Waals surface area contributed by atoms with Gasteiger partial charge in [-0.25, -0.2) is 0 Å². The summed E-state index contributed by atoms with van der Waals surface area (Å²) in [6, 6.07) is 3.94. The van der Waals surface area contributed by atoms with Gasteiger partial charge >= 0.3 is 6.41 Å². The molecule has 1 amide bonds. The number of rotatable bonds is 2. The summed E-state index contributed by atoms with van der Waals surface area (Å²) in [6.07, 6.45) is 1.44. The van der Waals surface area contributed by atoms with Crippen LogP contribution in [0.5, 0.6) is 11.5 Å². The Balaban J connectivity index is 2.95. The number of aromatic hydroxyl groups is 2. The molecule has 0 spiro atoms. The SMILES string of the molecule is O=[C]Nc1ccc(O)c(O)c1. The van der Waals surface area contributed by atoms with Crippen LogP contribution in [-0.4, -0.2) is 16.6 Å². The van der Waals surface area contributed by atoms with Crippen molar-refractivity contribution in [2.75, 3.05) is 5.32 Å². The highest BCUT2D eigenvalue weighted by Crippen LogP contribution is 2.26. The third kappa shape index (κ3) is 1.61. The van der Waals surface area contributed by atoms with E-state index >= 15 is 0 Å². The average Bonchev–Trinajstić information content (AvgIpc) is 1.98. The minimum Gasteiger partial charge on any atom is -0.504 e. The molecule has 11 heavy (non-hydrogen) atoms. The van der Waals surface area contributed by atoms with E-state index in [1.807, 2.05) is 0 Å². The number of carbonyl (C=O) groups excluding carboxylic acids is 1. The molecule has 0 saturated heterocycles. The van der Waals surface area contributed by atoms with Crippen molar-refractivity contribution in [2.45, 2.75) is 0 Å². The number of anilines is 1. The predicted octanol–water partition coefficient (Wildman–Crippen LogP) is 0.577. The van der Waals surface area contributed by atoms with Crippen molar-refractivity contribution in [1.29, 1.82) is 0 Å². The van der Waals surface area contributed by atoms with E-state index in [9.17, 15) is 4.79 Å². The van der Waals surface area contributed by atoms with Crippen LogP contribution in [0, 0.1) is 0 Å². The molecular formula is C7H6NO3. The molecule has 0 aliphatic heterocycles. The van der Waals surface area contributed by atoms with Gasteiger partial charge in [-0.3, -0.25) is 4.79 Å². The van der Waals surface area contributed by atoms with Crippen molar-refractivity contribution in [1.82, 2.24) is 0 Å². The molecule has 3 N–H and O–H groups in total. The second-order valence-corrected chi connectivity index (χ2v) is 1.93. The first-order valence-corrected chi connectivity index (χ1v) is 2.89. The first-order valence-electron chi connectivity index (χ1n) is 2.89. The van der Waals surface area contributed by atoms with Gasteiger partial charge < -0.3 is 15.5 Å². The minimum atomic E-state index is -0.273. The summed E-state index contributed by atoms with van der Waals surface area (Å²) in [4.78, 5) is 9.79. The summed E-state index contributed by atoms with van der Waals surface area (Å²) in [7, 11) is 0. The average molecular weight is 152 g/mol. The predicted molar refractivity (Wildman–Crippen MR) is 39.1 cm³/mol. The van der Waals surface area contributed by atoms with Crippen LogP contribution >= 0.6 is 0 Å². The van der Waals surface area contributed by atoms with E-state index < -0.39 is 0 Å². The Labute approximate surface area is 63.1 Å². The van der Waals surface area contributed by atoms with Crippen molar-refractivity contribution in [3.05, 3.63) is 18.2 Å². The summed E-state index contributed by atoms with van der Waals surface area (Å²) in [5.41, 5.74) is 0.385. The summed E-state index contributed by atoms with van der Waals surface area (Å²) >= 11 is 0. The van der Waals surface area contributed by atoms with E-state index in [1.165, 1.54) is 24.6 Å². The maximum Gasteiger partial charge on any atom is 0.314 e. The lowest BCUT2D eigenvalue weighted by Gasteiger charge is -1.99. The van der Waals surface area contributed by atoms with Gasteiger partial charge in [0.1, 0.15) is 0 Å². The lowest BCUT2D eigenvalue weighted by molar-refractivity contribution is 0.404. The van der Waals surface area contributed by atoms with E-state index in [1.54, 1.807) is 0 Å². The number of nitrogens with one attached hydrogen (secondary N) is 1. The van der Waals surface area contributed by atoms with Crippen LogP contribution in [0.15, 0.2) is 18.2 Å². The molecule has 0 aromatic heterocycles. The Morgan fingerprint density at radius 2 is 2.00 bits per heavy atom. The Hall–Kier alpha value is -1.71. The van der Waals surface area contributed by atoms with E-state index in [0.29, 0.717) is 5.69 Å². The zero-order chi connectivity index (χ0) is 8.27. The molecule has 0 unspecified atom stereocenters. The molecule has 1 aromatic rings. The highest BCUT2D eigenvalue weighted by Gasteiger charge is 1.98. The highest BCUT2D eigenvalue weighted by molar-refractivity contribution is 5.73. The van der Waals surface area contributed by atoms with Crippen molar-refractivity contribution >= 4 is 12.1 Å². The lowest BCUT2D eigenvalue weighted by Crippen LogP contribution is -1.92. The third-order valence-corrected chi connectivity index (χ3v) is 1.17. The zero-order valence-corrected chi connectivity index (χ0v) is 5.53. The van der Waals surface area contributed by atoms with Crippen LogP contribution in [-0.2, 0) is 4.79 Å². The minimum absolute atomic E-state index is 0.221. The van der Waals surface area contributed by atoms with E-state index in [0.717, 1.165) is 0 Å². The topological polar surface area (TPSA) is 69.6 Å². The zero-order valence-electron chi connectivity index (χ0n) is 5.53. The summed E-state index contributed by atoms with van der Waals surface area (Å²) in [6.45, 7) is 0. The molecule has 0 aliphatic carbocycles. The molecule has 1 radical (unpaired) electrons. The van der Waals surface area contributed by atoms with Crippen LogP contribution in [0.1, 0.15) is 0 Å². The van der Waals surface area contributed by atoms with Crippen molar-refractivity contribution in [2.24, 2.45) is 0 Å². The molecule has 1 rings (SSSR count). The van der Waals surface area contributed by atoms with E-state index in [4.69, 9.17) is 10.2 Å². The van der Waals surface area contributed by atoms with Gasteiger partial charge in [0, 0.05) is 11.8 Å². The van der Waals surface area contributed by atoms with Gasteiger partial charge in [-0.05, 0) is 12.1 Å². The summed E-state index contributed by atoms with van der Waals surface area (Å²) < 4.78 is 0. The maximum atomic E-state index is 9.79. The molecule has 4 heteroatoms. The number of amides is 1. The summed E-state index contributed by atoms with van der Waals surface area (Å²) in [5.74, 6) is -0.494. The van der Waals surface area contributed by atoms with Gasteiger partial charge in [-0.2, -0.15) is 0 Å². The molecule has 57 valence electrons. The van der Waals surface area contributed by atoms with Crippen LogP contribution < -0.4 is 5.32 Å². The fourth-order valence-electron chi connectivity index (χ4n) is 0.660. The molecule has 1 aromatic carbocycles. The van der Waals surface area contributed by atoms with Crippen LogP contribution in [0.3, 0.4) is 0 Å². The molecule has 0 saturated carbocycles. The van der Waals surface area contributed by atoms with Crippen LogP contribution in [0.25, 0.3) is 0 Å². The molecule has 0 bridgehead atoms. The van der Waals surface area contributed by atoms with Gasteiger partial charge in [-0.1, -0.05) is 0 Å². The number of phenolic OH excluding ortho intramolecular Hbond substituents is 2. The first kappa shape index (κ1) is 7.40. The quantitative estimate of drug-likeness (QED) is 0.330. The summed E-state index contributed by atoms with van der Waals surface area (Å²) in [5, 5.41) is 19.9. The van der Waals surface area contributed by atoms with Crippen molar-refractivity contribution in [3.63, 3.8) is 0 Å². The molecule has 0 heterocycles. The molecule has 4 nitrogen and oxygen atoms in total. The molecule has 0 aliphatic rings. The number of hydrogen-bond donors (Lipinski definition) is 3. The van der Waals surface area contributed by atoms with Gasteiger partial charge in [0.25, 0.3) is 0 Å². The Morgan fingerprint density at radius 1 is 1.27 bits per heavy atom. The Kier molecular flexibility index (Phi) is 1.96. The van der Waals surface area contributed by atoms with Gasteiger partial charge in [-0.15, -0.1) is 0 Å². The monoisotopic (exact) mass is 152 g/mol. The van der Waals surface area contributed by atoms with E-state index in [-0.39, 0.29) is 11.5 Å². The highest BCUT2D eigenvalue weighted by atomic mass is 16.3. The maximum absolute atomic E-state index is 9.79.